The molecular formula is C33H36N2O. The maximum atomic E-state index is 7.08. The Balaban J connectivity index is 1.39. The molecule has 0 bridgehead atoms. The van der Waals surface area contributed by atoms with Crippen molar-refractivity contribution in [3.05, 3.63) is 78.4 Å². The van der Waals surface area contributed by atoms with E-state index in [4.69, 9.17) is 9.73 Å². The Morgan fingerprint density at radius 1 is 0.778 bits per heavy atom. The van der Waals surface area contributed by atoms with Gasteiger partial charge in [0, 0.05) is 17.6 Å². The molecule has 3 heteroatoms. The molecule has 2 heterocycles. The largest absolute Gasteiger partial charge is 0.459 e. The minimum absolute atomic E-state index is 0.245. The Hall–Kier alpha value is -3.33. The van der Waals surface area contributed by atoms with Gasteiger partial charge in [-0.15, -0.1) is 0 Å². The van der Waals surface area contributed by atoms with Crippen molar-refractivity contribution in [1.29, 1.82) is 0 Å². The fraction of sp³-hybridized carbons (Fsp3) is 0.364. The van der Waals surface area contributed by atoms with Crippen molar-refractivity contribution in [3.8, 4) is 5.75 Å². The minimum atomic E-state index is -0.641. The van der Waals surface area contributed by atoms with E-state index < -0.39 is 5.72 Å². The Morgan fingerprint density at radius 3 is 2.33 bits per heavy atom. The van der Waals surface area contributed by atoms with E-state index in [1.165, 1.54) is 59.5 Å². The first kappa shape index (κ1) is 23.1. The lowest BCUT2D eigenvalue weighted by Crippen LogP contribution is -2.62. The SMILES string of the molecule is CCCCCCCCN1c2ccccc2C(C)(C)[C@@]12C=Nc1c(ccc3cc4ccccc4cc13)O2. The van der Waals surface area contributed by atoms with Crippen LogP contribution in [0.3, 0.4) is 0 Å². The molecule has 4 aromatic rings. The second kappa shape index (κ2) is 8.96. The molecule has 0 fully saturated rings. The molecule has 0 amide bonds. The molecular weight excluding hydrogens is 440 g/mol. The Morgan fingerprint density at radius 2 is 1.50 bits per heavy atom. The van der Waals surface area contributed by atoms with Gasteiger partial charge in [-0.2, -0.15) is 0 Å². The van der Waals surface area contributed by atoms with Gasteiger partial charge >= 0.3 is 0 Å². The molecule has 0 radical (unpaired) electrons. The highest BCUT2D eigenvalue weighted by Gasteiger charge is 2.59. The van der Waals surface area contributed by atoms with Crippen LogP contribution in [0.4, 0.5) is 11.4 Å². The van der Waals surface area contributed by atoms with E-state index in [1.54, 1.807) is 0 Å². The highest BCUT2D eigenvalue weighted by molar-refractivity contribution is 6.06. The van der Waals surface area contributed by atoms with Crippen molar-refractivity contribution in [2.45, 2.75) is 70.4 Å². The summed E-state index contributed by atoms with van der Waals surface area (Å²) in [6.07, 6.45) is 9.75. The monoisotopic (exact) mass is 476 g/mol. The van der Waals surface area contributed by atoms with Crippen molar-refractivity contribution in [1.82, 2.24) is 0 Å². The highest BCUT2D eigenvalue weighted by Crippen LogP contribution is 2.55. The van der Waals surface area contributed by atoms with Gasteiger partial charge in [-0.25, -0.2) is 0 Å². The maximum absolute atomic E-state index is 7.08. The maximum Gasteiger partial charge on any atom is 0.228 e. The number of aliphatic imine (C=N–C) groups is 1. The van der Waals surface area contributed by atoms with Gasteiger partial charge in [-0.05, 0) is 66.3 Å². The van der Waals surface area contributed by atoms with E-state index in [2.05, 4.69) is 105 Å². The Bertz CT molecular complexity index is 1450. The normalized spacial score (nSPS) is 19.6. The van der Waals surface area contributed by atoms with Gasteiger partial charge in [-0.3, -0.25) is 4.99 Å². The first-order valence-corrected chi connectivity index (χ1v) is 13.6. The molecule has 0 N–H and O–H groups in total. The van der Waals surface area contributed by atoms with Gasteiger partial charge in [0.2, 0.25) is 5.72 Å². The quantitative estimate of drug-likeness (QED) is 0.196. The Labute approximate surface area is 214 Å². The van der Waals surface area contributed by atoms with E-state index >= 15 is 0 Å². The zero-order valence-corrected chi connectivity index (χ0v) is 21.8. The van der Waals surface area contributed by atoms with Crippen LogP contribution in [0.1, 0.15) is 64.9 Å². The first-order chi connectivity index (χ1) is 17.5. The summed E-state index contributed by atoms with van der Waals surface area (Å²) in [5.74, 6) is 0.870. The lowest BCUT2D eigenvalue weighted by atomic mass is 9.77. The Kier molecular flexibility index (Phi) is 5.75. The molecule has 0 aliphatic carbocycles. The predicted octanol–water partition coefficient (Wildman–Crippen LogP) is 8.94. The molecule has 4 aromatic carbocycles. The van der Waals surface area contributed by atoms with Gasteiger partial charge in [0.25, 0.3) is 0 Å². The van der Waals surface area contributed by atoms with Crippen molar-refractivity contribution < 1.29 is 4.74 Å². The number of para-hydroxylation sites is 1. The molecule has 184 valence electrons. The molecule has 1 atom stereocenters. The zero-order valence-electron chi connectivity index (χ0n) is 21.8. The number of fused-ring (bicyclic) bond motifs is 5. The fourth-order valence-electron chi connectivity index (χ4n) is 6.24. The number of anilines is 1. The second-order valence-corrected chi connectivity index (χ2v) is 11.0. The van der Waals surface area contributed by atoms with Gasteiger partial charge in [0.05, 0.1) is 11.6 Å². The van der Waals surface area contributed by atoms with E-state index in [0.717, 1.165) is 29.8 Å². The lowest BCUT2D eigenvalue weighted by molar-refractivity contribution is 0.0774. The molecule has 0 aromatic heterocycles. The molecule has 0 saturated heterocycles. The third-order valence-electron chi connectivity index (χ3n) is 8.35. The number of nitrogens with zero attached hydrogens (tertiary/aromatic N) is 2. The van der Waals surface area contributed by atoms with Gasteiger partial charge in [0.15, 0.2) is 0 Å². The summed E-state index contributed by atoms with van der Waals surface area (Å²) in [4.78, 5) is 7.65. The van der Waals surface area contributed by atoms with E-state index in [1.807, 2.05) is 0 Å². The summed E-state index contributed by atoms with van der Waals surface area (Å²) in [6, 6.07) is 26.1. The summed E-state index contributed by atoms with van der Waals surface area (Å²) in [6.45, 7) is 7.85. The van der Waals surface area contributed by atoms with E-state index in [9.17, 15) is 0 Å². The molecule has 6 rings (SSSR count). The van der Waals surface area contributed by atoms with Crippen molar-refractivity contribution in [2.75, 3.05) is 11.4 Å². The van der Waals surface area contributed by atoms with Crippen LogP contribution in [0.5, 0.6) is 5.75 Å². The fourth-order valence-corrected chi connectivity index (χ4v) is 6.24. The number of hydrogen-bond donors (Lipinski definition) is 0. The average molecular weight is 477 g/mol. The van der Waals surface area contributed by atoms with Gasteiger partial charge in [-0.1, -0.05) is 87.6 Å². The van der Waals surface area contributed by atoms with E-state index in [0.29, 0.717) is 0 Å². The van der Waals surface area contributed by atoms with Crippen LogP contribution in [-0.4, -0.2) is 18.5 Å². The van der Waals surface area contributed by atoms with Crippen molar-refractivity contribution in [2.24, 2.45) is 4.99 Å². The number of unbranched alkanes of at least 4 members (excludes halogenated alkanes) is 5. The summed E-state index contributed by atoms with van der Waals surface area (Å²) < 4.78 is 7.08. The average Bonchev–Trinajstić information content (AvgIpc) is 3.07. The van der Waals surface area contributed by atoms with Crippen molar-refractivity contribution >= 4 is 39.1 Å². The van der Waals surface area contributed by atoms with Crippen LogP contribution >= 0.6 is 0 Å². The number of benzene rings is 4. The summed E-state index contributed by atoms with van der Waals surface area (Å²) in [5, 5.41) is 4.82. The van der Waals surface area contributed by atoms with Crippen LogP contribution < -0.4 is 9.64 Å². The minimum Gasteiger partial charge on any atom is -0.459 e. The highest BCUT2D eigenvalue weighted by atomic mass is 16.5. The first-order valence-electron chi connectivity index (χ1n) is 13.6. The number of rotatable bonds is 7. The molecule has 2 aliphatic rings. The summed E-state index contributed by atoms with van der Waals surface area (Å²) in [7, 11) is 0. The number of ether oxygens (including phenoxy) is 1. The summed E-state index contributed by atoms with van der Waals surface area (Å²) >= 11 is 0. The number of hydrogen-bond acceptors (Lipinski definition) is 3. The molecule has 0 saturated carbocycles. The molecule has 3 nitrogen and oxygen atoms in total. The van der Waals surface area contributed by atoms with E-state index in [-0.39, 0.29) is 5.41 Å². The lowest BCUT2D eigenvalue weighted by Gasteiger charge is -2.46. The molecule has 2 aliphatic heterocycles. The van der Waals surface area contributed by atoms with Crippen LogP contribution in [0, 0.1) is 0 Å². The van der Waals surface area contributed by atoms with Gasteiger partial charge < -0.3 is 9.64 Å². The molecule has 1 spiro atoms. The van der Waals surface area contributed by atoms with Crippen LogP contribution in [0.25, 0.3) is 21.5 Å². The standard InChI is InChI=1S/C33H36N2O/c1-4-5-6-7-8-13-20-35-29-17-12-11-16-28(29)32(2,3)33(35)23-34-31-27-22-25-15-10-9-14-24(25)21-26(27)18-19-30(31)36-33/h9-12,14-19,21-23H,4-8,13,20H2,1-3H3/t33-/m0/s1. The summed E-state index contributed by atoms with van der Waals surface area (Å²) in [5.41, 5.74) is 2.66. The van der Waals surface area contributed by atoms with Gasteiger partial charge in [0.1, 0.15) is 11.4 Å². The molecule has 0 unspecified atom stereocenters. The third-order valence-corrected chi connectivity index (χ3v) is 8.35. The third kappa shape index (κ3) is 3.51. The van der Waals surface area contributed by atoms with Crippen molar-refractivity contribution in [3.63, 3.8) is 0 Å². The van der Waals surface area contributed by atoms with Crippen LogP contribution in [-0.2, 0) is 5.41 Å². The topological polar surface area (TPSA) is 24.8 Å². The predicted molar refractivity (Wildman–Crippen MR) is 153 cm³/mol. The second-order valence-electron chi connectivity index (χ2n) is 11.0. The smallest absolute Gasteiger partial charge is 0.228 e. The van der Waals surface area contributed by atoms with Crippen LogP contribution in [0.2, 0.25) is 0 Å². The zero-order chi connectivity index (χ0) is 24.8. The molecule has 36 heavy (non-hydrogen) atoms. The van der Waals surface area contributed by atoms with Crippen LogP contribution in [0.15, 0.2) is 77.8 Å².